The van der Waals surface area contributed by atoms with Gasteiger partial charge in [0.1, 0.15) is 36.3 Å². The van der Waals surface area contributed by atoms with Gasteiger partial charge in [-0.1, -0.05) is 0 Å². The zero-order chi connectivity index (χ0) is 15.1. The molecule has 3 rings (SSSR count). The number of nitrogens with zero attached hydrogens (tertiary/aromatic N) is 3. The molecule has 3 atom stereocenters. The number of aromatic nitrogens is 3. The Morgan fingerprint density at radius 3 is 2.95 bits per heavy atom. The third-order valence-electron chi connectivity index (χ3n) is 3.56. The van der Waals surface area contributed by atoms with Crippen molar-refractivity contribution in [1.29, 1.82) is 0 Å². The zero-order valence-corrected chi connectivity index (χ0v) is 10.9. The fourth-order valence-corrected chi connectivity index (χ4v) is 2.54. The molecule has 112 valence electrons. The summed E-state index contributed by atoms with van der Waals surface area (Å²) in [5.74, 6) is -0.574. The van der Waals surface area contributed by atoms with Gasteiger partial charge in [0.25, 0.3) is 5.91 Å². The van der Waals surface area contributed by atoms with Crippen molar-refractivity contribution < 1.29 is 19.0 Å². The fourth-order valence-electron chi connectivity index (χ4n) is 2.54. The summed E-state index contributed by atoms with van der Waals surface area (Å²) in [5, 5.41) is 9.37. The molecular weight excluding hydrogens is 281 g/mol. The highest BCUT2D eigenvalue weighted by Crippen LogP contribution is 2.35. The number of rotatable bonds is 3. The number of hydrogen-bond acceptors (Lipinski definition) is 6. The van der Waals surface area contributed by atoms with Gasteiger partial charge in [-0.2, -0.15) is 0 Å². The predicted octanol–water partition coefficient (Wildman–Crippen LogP) is -0.270. The van der Waals surface area contributed by atoms with Crippen molar-refractivity contribution in [3.8, 4) is 0 Å². The van der Waals surface area contributed by atoms with Crippen molar-refractivity contribution in [2.45, 2.75) is 24.9 Å². The lowest BCUT2D eigenvalue weighted by atomic mass is 10.2. The highest BCUT2D eigenvalue weighted by Gasteiger charge is 2.37. The molecule has 9 heteroatoms. The van der Waals surface area contributed by atoms with Crippen molar-refractivity contribution in [1.82, 2.24) is 14.5 Å². The number of hydrogen-bond donors (Lipinski definition) is 3. The van der Waals surface area contributed by atoms with Crippen LogP contribution in [0, 0.1) is 0 Å². The van der Waals surface area contributed by atoms with E-state index >= 15 is 0 Å². The summed E-state index contributed by atoms with van der Waals surface area (Å²) in [6.07, 6.45) is -0.184. The van der Waals surface area contributed by atoms with Crippen LogP contribution in [0.5, 0.6) is 0 Å². The molecule has 5 N–H and O–H groups in total. The monoisotopic (exact) mass is 295 g/mol. The van der Waals surface area contributed by atoms with Crippen LogP contribution in [-0.4, -0.2) is 44.4 Å². The average Bonchev–Trinajstić information content (AvgIpc) is 3.00. The van der Waals surface area contributed by atoms with E-state index in [1.54, 1.807) is 0 Å². The van der Waals surface area contributed by atoms with E-state index in [2.05, 4.69) is 9.97 Å². The van der Waals surface area contributed by atoms with Gasteiger partial charge in [0.15, 0.2) is 0 Å². The zero-order valence-electron chi connectivity index (χ0n) is 10.9. The molecule has 1 aliphatic rings. The summed E-state index contributed by atoms with van der Waals surface area (Å²) in [4.78, 5) is 19.4. The van der Waals surface area contributed by atoms with Crippen LogP contribution >= 0.6 is 0 Å². The van der Waals surface area contributed by atoms with E-state index in [-0.39, 0.29) is 17.8 Å². The second-order valence-electron chi connectivity index (χ2n) is 4.84. The molecule has 8 nitrogen and oxygen atoms in total. The molecule has 0 radical (unpaired) electrons. The highest BCUT2D eigenvalue weighted by atomic mass is 19.1. The number of nitrogens with two attached hydrogens (primary N) is 2. The number of carbonyl (C=O) groups is 1. The third kappa shape index (κ3) is 2.10. The Bertz CT molecular complexity index is 704. The van der Waals surface area contributed by atoms with E-state index < -0.39 is 31.0 Å². The molecule has 1 amide bonds. The minimum absolute atomic E-state index is 0.0388. The van der Waals surface area contributed by atoms with Crippen molar-refractivity contribution >= 4 is 22.8 Å². The van der Waals surface area contributed by atoms with Gasteiger partial charge in [-0.25, -0.2) is 14.4 Å². The predicted molar refractivity (Wildman–Crippen MR) is 71.0 cm³/mol. The number of primary amides is 1. The quantitative estimate of drug-likeness (QED) is 0.714. The fraction of sp³-hybridized carbons (Fsp3) is 0.417. The maximum atomic E-state index is 13.7. The van der Waals surface area contributed by atoms with E-state index in [1.165, 1.54) is 17.1 Å². The Morgan fingerprint density at radius 2 is 2.33 bits per heavy atom. The number of aliphatic hydroxyl groups is 1. The SMILES string of the molecule is NC(=O)c1cn([C@H]2C[C@H](F)[C@@H](CO)O2)c2ncnc(N)c12. The van der Waals surface area contributed by atoms with Gasteiger partial charge >= 0.3 is 0 Å². The highest BCUT2D eigenvalue weighted by molar-refractivity contribution is 6.08. The topological polar surface area (TPSA) is 129 Å². The first-order valence-corrected chi connectivity index (χ1v) is 6.34. The van der Waals surface area contributed by atoms with Crippen LogP contribution < -0.4 is 11.5 Å². The Balaban J connectivity index is 2.12. The number of fused-ring (bicyclic) bond motifs is 1. The van der Waals surface area contributed by atoms with Crippen LogP contribution in [0.25, 0.3) is 11.0 Å². The summed E-state index contributed by atoms with van der Waals surface area (Å²) in [7, 11) is 0. The van der Waals surface area contributed by atoms with E-state index in [1.807, 2.05) is 0 Å². The summed E-state index contributed by atoms with van der Waals surface area (Å²) in [5.41, 5.74) is 11.6. The molecular formula is C12H14FN5O3. The van der Waals surface area contributed by atoms with Gasteiger partial charge in [0.2, 0.25) is 0 Å². The third-order valence-corrected chi connectivity index (χ3v) is 3.56. The van der Waals surface area contributed by atoms with E-state index in [4.69, 9.17) is 21.3 Å². The minimum Gasteiger partial charge on any atom is -0.394 e. The number of ether oxygens (including phenoxy) is 1. The Hall–Kier alpha value is -2.26. The van der Waals surface area contributed by atoms with Gasteiger partial charge in [0.05, 0.1) is 17.6 Å². The van der Waals surface area contributed by atoms with E-state index in [0.717, 1.165) is 0 Å². The van der Waals surface area contributed by atoms with Crippen LogP contribution in [-0.2, 0) is 4.74 Å². The first kappa shape index (κ1) is 13.7. The van der Waals surface area contributed by atoms with Gasteiger partial charge in [0, 0.05) is 12.6 Å². The molecule has 0 spiro atoms. The maximum absolute atomic E-state index is 13.7. The summed E-state index contributed by atoms with van der Waals surface area (Å²) in [6.45, 7) is -0.420. The molecule has 0 aromatic carbocycles. The Kier molecular flexibility index (Phi) is 3.22. The summed E-state index contributed by atoms with van der Waals surface area (Å²) < 4.78 is 20.7. The van der Waals surface area contributed by atoms with Crippen molar-refractivity contribution in [2.24, 2.45) is 5.73 Å². The van der Waals surface area contributed by atoms with Crippen LogP contribution in [0.4, 0.5) is 10.2 Å². The lowest BCUT2D eigenvalue weighted by Crippen LogP contribution is -2.21. The molecule has 0 bridgehead atoms. The van der Waals surface area contributed by atoms with E-state index in [9.17, 15) is 9.18 Å². The number of halogens is 1. The molecule has 2 aromatic rings. The lowest BCUT2D eigenvalue weighted by Gasteiger charge is -2.14. The first-order chi connectivity index (χ1) is 10.0. The number of amides is 1. The van der Waals surface area contributed by atoms with Gasteiger partial charge < -0.3 is 25.9 Å². The van der Waals surface area contributed by atoms with Crippen molar-refractivity contribution in [3.05, 3.63) is 18.1 Å². The molecule has 0 unspecified atom stereocenters. The number of alkyl halides is 1. The first-order valence-electron chi connectivity index (χ1n) is 6.34. The van der Waals surface area contributed by atoms with Crippen LogP contribution in [0.3, 0.4) is 0 Å². The number of aliphatic hydroxyl groups excluding tert-OH is 1. The van der Waals surface area contributed by atoms with Crippen molar-refractivity contribution in [2.75, 3.05) is 12.3 Å². The Morgan fingerprint density at radius 1 is 1.57 bits per heavy atom. The standard InChI is InChI=1S/C12H14FN5O3/c13-6-1-8(21-7(6)3-19)18-2-5(11(15)20)9-10(14)16-4-17-12(9)18/h2,4,6-8,19H,1,3H2,(H2,15,20)(H2,14,16,17)/t6-,7+,8+/m0/s1. The largest absolute Gasteiger partial charge is 0.394 e. The van der Waals surface area contributed by atoms with Gasteiger partial charge in [-0.3, -0.25) is 4.79 Å². The van der Waals surface area contributed by atoms with Crippen LogP contribution in [0.15, 0.2) is 12.5 Å². The molecule has 1 fully saturated rings. The molecule has 0 saturated carbocycles. The minimum atomic E-state index is -1.30. The molecule has 1 saturated heterocycles. The number of anilines is 1. The number of nitrogen functional groups attached to an aromatic ring is 1. The van der Waals surface area contributed by atoms with Crippen molar-refractivity contribution in [3.63, 3.8) is 0 Å². The second-order valence-corrected chi connectivity index (χ2v) is 4.84. The summed E-state index contributed by atoms with van der Waals surface area (Å²) >= 11 is 0. The van der Waals surface area contributed by atoms with Gasteiger partial charge in [-0.05, 0) is 0 Å². The van der Waals surface area contributed by atoms with Crippen LogP contribution in [0.1, 0.15) is 23.0 Å². The normalized spacial score (nSPS) is 25.5. The molecule has 2 aromatic heterocycles. The molecule has 3 heterocycles. The van der Waals surface area contributed by atoms with Gasteiger partial charge in [-0.15, -0.1) is 0 Å². The van der Waals surface area contributed by atoms with E-state index in [0.29, 0.717) is 11.0 Å². The average molecular weight is 295 g/mol. The number of carbonyl (C=O) groups excluding carboxylic acids is 1. The lowest BCUT2D eigenvalue weighted by molar-refractivity contribution is -0.0321. The smallest absolute Gasteiger partial charge is 0.251 e. The maximum Gasteiger partial charge on any atom is 0.251 e. The van der Waals surface area contributed by atoms with Crippen LogP contribution in [0.2, 0.25) is 0 Å². The second kappa shape index (κ2) is 4.93. The molecule has 0 aliphatic carbocycles. The molecule has 1 aliphatic heterocycles. The Labute approximate surface area is 118 Å². The summed E-state index contributed by atoms with van der Waals surface area (Å²) in [6, 6.07) is 0. The molecule has 21 heavy (non-hydrogen) atoms.